The summed E-state index contributed by atoms with van der Waals surface area (Å²) in [5.41, 5.74) is -1.09. The molecule has 0 atom stereocenters. The maximum atomic E-state index is 13.1. The molecule has 1 aromatic heterocycles. The van der Waals surface area contributed by atoms with Gasteiger partial charge in [-0.1, -0.05) is 32.1 Å². The van der Waals surface area contributed by atoms with Crippen LogP contribution in [0.2, 0.25) is 0 Å². The van der Waals surface area contributed by atoms with Crippen molar-refractivity contribution in [2.24, 2.45) is 0 Å². The molecule has 190 valence electrons. The lowest BCUT2D eigenvalue weighted by Gasteiger charge is -2.14. The van der Waals surface area contributed by atoms with Crippen LogP contribution in [0.4, 0.5) is 26.3 Å². The first-order valence-corrected chi connectivity index (χ1v) is 11.0. The first-order chi connectivity index (χ1) is 16.4. The van der Waals surface area contributed by atoms with Crippen molar-refractivity contribution in [2.45, 2.75) is 32.1 Å². The van der Waals surface area contributed by atoms with Gasteiger partial charge in [0.1, 0.15) is 6.79 Å². The molecular formula is C25H26F6N2OS. The van der Waals surface area contributed by atoms with Crippen molar-refractivity contribution < 1.29 is 31.1 Å². The molecule has 2 aromatic carbocycles. The molecular weight excluding hydrogens is 490 g/mol. The Morgan fingerprint density at radius 3 is 1.94 bits per heavy atom. The van der Waals surface area contributed by atoms with E-state index in [4.69, 9.17) is 4.79 Å². The topological polar surface area (TPSA) is 42.0 Å². The normalized spacial score (nSPS) is 11.1. The van der Waals surface area contributed by atoms with Crippen LogP contribution in [-0.2, 0) is 17.1 Å². The molecule has 35 heavy (non-hydrogen) atoms. The lowest BCUT2D eigenvalue weighted by molar-refractivity contribution is -0.143. The molecule has 1 N–H and O–H groups in total. The number of carbonyl (C=O) groups excluding carboxylic acids is 1. The molecule has 0 radical (unpaired) electrons. The summed E-state index contributed by atoms with van der Waals surface area (Å²) >= 11 is 4.00. The van der Waals surface area contributed by atoms with E-state index in [1.807, 2.05) is 6.79 Å². The van der Waals surface area contributed by atoms with E-state index in [-0.39, 0.29) is 17.3 Å². The van der Waals surface area contributed by atoms with Gasteiger partial charge in [0.2, 0.25) is 0 Å². The Labute approximate surface area is 205 Å². The number of hydrogen-bond donors (Lipinski definition) is 2. The summed E-state index contributed by atoms with van der Waals surface area (Å²) in [6, 6.07) is 9.54. The maximum Gasteiger partial charge on any atom is 0.416 e. The number of fused-ring (bicyclic) bond motifs is 1. The Kier molecular flexibility index (Phi) is 11.3. The fourth-order valence-corrected chi connectivity index (χ4v) is 3.20. The maximum absolute atomic E-state index is 13.1. The Balaban J connectivity index is 0.000000779. The summed E-state index contributed by atoms with van der Waals surface area (Å²) in [6.45, 7) is 8.00. The minimum Gasteiger partial charge on any atom is -0.388 e. The van der Waals surface area contributed by atoms with Crippen molar-refractivity contribution in [3.8, 4) is 11.3 Å². The molecule has 0 amide bonds. The summed E-state index contributed by atoms with van der Waals surface area (Å²) in [6.07, 6.45) is -7.29. The molecule has 10 heteroatoms. The number of carbonyl (C=O) groups is 1. The zero-order valence-corrected chi connectivity index (χ0v) is 20.1. The number of nitrogens with one attached hydrogen (secondary N) is 1. The highest BCUT2D eigenvalue weighted by molar-refractivity contribution is 7.80. The molecule has 0 aliphatic heterocycles. The van der Waals surface area contributed by atoms with Gasteiger partial charge in [-0.25, -0.2) is 4.98 Å². The van der Waals surface area contributed by atoms with Crippen LogP contribution in [0.3, 0.4) is 0 Å². The quantitative estimate of drug-likeness (QED) is 0.270. The van der Waals surface area contributed by atoms with Gasteiger partial charge in [-0.3, -0.25) is 0 Å². The van der Waals surface area contributed by atoms with Crippen molar-refractivity contribution in [3.63, 3.8) is 0 Å². The van der Waals surface area contributed by atoms with Crippen molar-refractivity contribution in [3.05, 3.63) is 71.8 Å². The highest BCUT2D eigenvalue weighted by Crippen LogP contribution is 2.38. The third-order valence-electron chi connectivity index (χ3n) is 4.73. The zero-order chi connectivity index (χ0) is 26.8. The average Bonchev–Trinajstić information content (AvgIpc) is 2.83. The number of benzene rings is 2. The lowest BCUT2D eigenvalue weighted by atomic mass is 10.0. The molecule has 0 unspecified atom stereocenters. The van der Waals surface area contributed by atoms with Gasteiger partial charge in [0.15, 0.2) is 0 Å². The highest BCUT2D eigenvalue weighted by atomic mass is 32.1. The van der Waals surface area contributed by atoms with E-state index < -0.39 is 23.5 Å². The van der Waals surface area contributed by atoms with Gasteiger partial charge in [0.25, 0.3) is 0 Å². The number of alkyl halides is 6. The monoisotopic (exact) mass is 516 g/mol. The van der Waals surface area contributed by atoms with E-state index >= 15 is 0 Å². The molecule has 0 spiro atoms. The van der Waals surface area contributed by atoms with Crippen LogP contribution in [0.25, 0.3) is 27.9 Å². The first kappa shape index (κ1) is 30.0. The van der Waals surface area contributed by atoms with E-state index in [2.05, 4.69) is 36.4 Å². The van der Waals surface area contributed by atoms with E-state index in [0.717, 1.165) is 11.3 Å². The Hall–Kier alpha value is -3.01. The van der Waals surface area contributed by atoms with Crippen LogP contribution in [0.1, 0.15) is 36.5 Å². The van der Waals surface area contributed by atoms with E-state index in [9.17, 15) is 26.3 Å². The van der Waals surface area contributed by atoms with Crippen molar-refractivity contribution in [2.75, 3.05) is 12.8 Å². The summed E-state index contributed by atoms with van der Waals surface area (Å²) in [7, 11) is 1.71. The first-order valence-electron chi connectivity index (χ1n) is 10.4. The lowest BCUT2D eigenvalue weighted by Crippen LogP contribution is -2.11. The predicted octanol–water partition coefficient (Wildman–Crippen LogP) is 7.66. The second-order valence-electron chi connectivity index (χ2n) is 7.20. The van der Waals surface area contributed by atoms with Gasteiger partial charge in [0.05, 0.1) is 22.3 Å². The number of hydrogen-bond acceptors (Lipinski definition) is 4. The standard InChI is InChI=1S/C20H14F6N2.C4H10S.CH2O/c1-11(27-2)12-3-5-17-13(7-12)4-6-18(28-17)14-8-15(19(21,22)23)10-16(9-14)20(24,25)26;1-2-3-4-5;1-2/h3-10,27H,1H2,2H3;5H,2-4H2,1H3;1H2. The van der Waals surface area contributed by atoms with Crippen LogP contribution in [-0.4, -0.2) is 24.6 Å². The van der Waals surface area contributed by atoms with Crippen LogP contribution >= 0.6 is 12.6 Å². The molecule has 3 aromatic rings. The molecule has 0 fully saturated rings. The van der Waals surface area contributed by atoms with Gasteiger partial charge in [-0.2, -0.15) is 39.0 Å². The van der Waals surface area contributed by atoms with Crippen LogP contribution in [0.15, 0.2) is 55.1 Å². The Morgan fingerprint density at radius 2 is 1.51 bits per heavy atom. The number of thiol groups is 1. The number of halogens is 6. The minimum atomic E-state index is -4.91. The van der Waals surface area contributed by atoms with E-state index in [1.54, 1.807) is 31.3 Å². The van der Waals surface area contributed by atoms with Gasteiger partial charge in [0, 0.05) is 23.7 Å². The Bertz CT molecular complexity index is 1090. The summed E-state index contributed by atoms with van der Waals surface area (Å²) in [5, 5.41) is 3.58. The average molecular weight is 517 g/mol. The third kappa shape index (κ3) is 8.61. The van der Waals surface area contributed by atoms with Crippen LogP contribution in [0, 0.1) is 0 Å². The fraction of sp³-hybridized carbons (Fsp3) is 0.280. The molecule has 1 heterocycles. The highest BCUT2D eigenvalue weighted by Gasteiger charge is 2.37. The van der Waals surface area contributed by atoms with Gasteiger partial charge in [-0.05, 0) is 54.1 Å². The number of unbranched alkanes of at least 4 members (excludes halogenated alkanes) is 1. The summed E-state index contributed by atoms with van der Waals surface area (Å²) in [5.74, 6) is 1.04. The molecule has 0 aliphatic rings. The van der Waals surface area contributed by atoms with Crippen LogP contribution in [0.5, 0.6) is 0 Å². The second kappa shape index (κ2) is 13.2. The number of rotatable bonds is 5. The molecule has 0 saturated carbocycles. The van der Waals surface area contributed by atoms with Crippen molar-refractivity contribution in [1.82, 2.24) is 10.3 Å². The fourth-order valence-electron chi connectivity index (χ4n) is 2.88. The smallest absolute Gasteiger partial charge is 0.388 e. The van der Waals surface area contributed by atoms with E-state index in [0.29, 0.717) is 28.7 Å². The SMILES string of the molecule is C=C(NC)c1ccc2nc(-c3cc(C(F)(F)F)cc(C(F)(F)F)c3)ccc2c1.C=O.CCCCS. The van der Waals surface area contributed by atoms with Gasteiger partial charge >= 0.3 is 12.4 Å². The Morgan fingerprint density at radius 1 is 0.943 bits per heavy atom. The third-order valence-corrected chi connectivity index (χ3v) is 5.05. The minimum absolute atomic E-state index is 0.0179. The van der Waals surface area contributed by atoms with E-state index in [1.165, 1.54) is 18.9 Å². The van der Waals surface area contributed by atoms with Crippen molar-refractivity contribution in [1.29, 1.82) is 0 Å². The molecule has 0 bridgehead atoms. The summed E-state index contributed by atoms with van der Waals surface area (Å²) in [4.78, 5) is 12.2. The number of nitrogens with zero attached hydrogens (tertiary/aromatic N) is 1. The van der Waals surface area contributed by atoms with Crippen molar-refractivity contribution >= 4 is 36.0 Å². The summed E-state index contributed by atoms with van der Waals surface area (Å²) < 4.78 is 78.3. The molecule has 3 rings (SSSR count). The molecule has 0 aliphatic carbocycles. The predicted molar refractivity (Wildman–Crippen MR) is 131 cm³/mol. The number of aromatic nitrogens is 1. The number of pyridine rings is 1. The second-order valence-corrected chi connectivity index (χ2v) is 7.65. The van der Waals surface area contributed by atoms with Gasteiger partial charge in [-0.15, -0.1) is 0 Å². The molecule has 0 saturated heterocycles. The molecule has 3 nitrogen and oxygen atoms in total. The zero-order valence-electron chi connectivity index (χ0n) is 19.2. The van der Waals surface area contributed by atoms with Gasteiger partial charge < -0.3 is 10.1 Å². The largest absolute Gasteiger partial charge is 0.416 e. The van der Waals surface area contributed by atoms with Crippen LogP contribution < -0.4 is 5.32 Å².